The fraction of sp³-hybridized carbons (Fsp3) is 0.222. The van der Waals surface area contributed by atoms with E-state index in [0.29, 0.717) is 0 Å². The molecule has 0 fully saturated rings. The van der Waals surface area contributed by atoms with Crippen LogP contribution in [-0.4, -0.2) is 12.6 Å². The summed E-state index contributed by atoms with van der Waals surface area (Å²) in [7, 11) is 0. The fourth-order valence-corrected chi connectivity index (χ4v) is 1.10. The van der Waals surface area contributed by atoms with Crippen molar-refractivity contribution in [1.29, 1.82) is 0 Å². The van der Waals surface area contributed by atoms with E-state index in [1.165, 1.54) is 0 Å². The van der Waals surface area contributed by atoms with E-state index in [-0.39, 0.29) is 12.2 Å². The Morgan fingerprint density at radius 3 is 2.64 bits per heavy atom. The maximum absolute atomic E-state index is 12.8. The summed E-state index contributed by atoms with van der Waals surface area (Å²) in [4.78, 5) is 11.1. The summed E-state index contributed by atoms with van der Waals surface area (Å²) in [6, 6.07) is 1.77. The number of hydrogen-bond donors (Lipinski definition) is 0. The minimum absolute atomic E-state index is 0.101. The normalized spacial score (nSPS) is 10.0. The molecule has 0 atom stereocenters. The molecule has 0 radical (unpaired) electrons. The van der Waals surface area contributed by atoms with Crippen LogP contribution in [0.2, 0.25) is 5.02 Å². The summed E-state index contributed by atoms with van der Waals surface area (Å²) in [5, 5.41) is -0.437. The van der Waals surface area contributed by atoms with Gasteiger partial charge in [-0.1, -0.05) is 11.6 Å². The zero-order chi connectivity index (χ0) is 10.7. The molecule has 1 rings (SSSR count). The Morgan fingerprint density at radius 2 is 2.14 bits per heavy atom. The van der Waals surface area contributed by atoms with Crippen molar-refractivity contribution in [3.8, 4) is 0 Å². The first kappa shape index (κ1) is 10.9. The lowest BCUT2D eigenvalue weighted by Gasteiger charge is -2.03. The molecule has 0 aliphatic heterocycles. The van der Waals surface area contributed by atoms with Gasteiger partial charge in [0.15, 0.2) is 11.6 Å². The summed E-state index contributed by atoms with van der Waals surface area (Å²) >= 11 is 5.34. The topological polar surface area (TPSA) is 26.3 Å². The van der Waals surface area contributed by atoms with Crippen molar-refractivity contribution in [2.75, 3.05) is 6.61 Å². The zero-order valence-corrected chi connectivity index (χ0v) is 8.07. The second kappa shape index (κ2) is 4.37. The number of benzene rings is 1. The predicted molar refractivity (Wildman–Crippen MR) is 47.3 cm³/mol. The Bertz CT molecular complexity index is 343. The number of hydrogen-bond acceptors (Lipinski definition) is 2. The molecular formula is C9H7ClF2O2. The van der Waals surface area contributed by atoms with Gasteiger partial charge in [-0.05, 0) is 19.1 Å². The predicted octanol–water partition coefficient (Wildman–Crippen LogP) is 2.79. The van der Waals surface area contributed by atoms with E-state index in [0.717, 1.165) is 12.1 Å². The molecule has 1 aromatic carbocycles. The highest BCUT2D eigenvalue weighted by Gasteiger charge is 2.14. The van der Waals surface area contributed by atoms with Crippen LogP contribution in [0.4, 0.5) is 8.78 Å². The summed E-state index contributed by atoms with van der Waals surface area (Å²) in [6.45, 7) is 1.77. The fourth-order valence-electron chi connectivity index (χ4n) is 0.888. The van der Waals surface area contributed by atoms with Crippen LogP contribution in [0.3, 0.4) is 0 Å². The molecule has 0 saturated carbocycles. The third kappa shape index (κ3) is 2.20. The van der Waals surface area contributed by atoms with Crippen LogP contribution in [0.25, 0.3) is 0 Å². The van der Waals surface area contributed by atoms with Gasteiger partial charge in [-0.25, -0.2) is 13.6 Å². The molecule has 0 amide bonds. The first-order valence-corrected chi connectivity index (χ1v) is 4.25. The van der Waals surface area contributed by atoms with E-state index < -0.39 is 22.6 Å². The van der Waals surface area contributed by atoms with Crippen LogP contribution in [0, 0.1) is 11.6 Å². The minimum Gasteiger partial charge on any atom is -0.462 e. The Morgan fingerprint density at radius 1 is 1.50 bits per heavy atom. The second-order valence-electron chi connectivity index (χ2n) is 2.47. The van der Waals surface area contributed by atoms with Gasteiger partial charge in [-0.2, -0.15) is 0 Å². The Labute approximate surface area is 84.4 Å². The summed E-state index contributed by atoms with van der Waals surface area (Å²) in [5.41, 5.74) is -0.101. The highest BCUT2D eigenvalue weighted by atomic mass is 35.5. The molecule has 0 aliphatic rings. The largest absolute Gasteiger partial charge is 0.462 e. The minimum atomic E-state index is -1.17. The Balaban J connectivity index is 3.06. The highest BCUT2D eigenvalue weighted by molar-refractivity contribution is 6.31. The monoisotopic (exact) mass is 220 g/mol. The molecular weight excluding hydrogens is 214 g/mol. The first-order chi connectivity index (χ1) is 6.56. The molecule has 14 heavy (non-hydrogen) atoms. The third-order valence-electron chi connectivity index (χ3n) is 1.49. The van der Waals surface area contributed by atoms with Crippen LogP contribution in [0.15, 0.2) is 12.1 Å². The van der Waals surface area contributed by atoms with Gasteiger partial charge in [-0.15, -0.1) is 0 Å². The van der Waals surface area contributed by atoms with E-state index in [2.05, 4.69) is 4.74 Å². The van der Waals surface area contributed by atoms with Crippen molar-refractivity contribution < 1.29 is 18.3 Å². The van der Waals surface area contributed by atoms with Crippen molar-refractivity contribution in [1.82, 2.24) is 0 Å². The number of esters is 1. The molecule has 0 bridgehead atoms. The third-order valence-corrected chi connectivity index (χ3v) is 1.77. The zero-order valence-electron chi connectivity index (χ0n) is 7.31. The van der Waals surface area contributed by atoms with Crippen LogP contribution in [0.1, 0.15) is 17.3 Å². The number of halogens is 3. The van der Waals surface area contributed by atoms with Crippen molar-refractivity contribution in [2.45, 2.75) is 6.92 Å². The summed E-state index contributed by atoms with van der Waals surface area (Å²) in [6.07, 6.45) is 0. The Hall–Kier alpha value is -1.16. The second-order valence-corrected chi connectivity index (χ2v) is 2.88. The lowest BCUT2D eigenvalue weighted by atomic mass is 10.2. The van der Waals surface area contributed by atoms with Gasteiger partial charge in [-0.3, -0.25) is 0 Å². The smallest absolute Gasteiger partial charge is 0.338 e. The van der Waals surface area contributed by atoms with Gasteiger partial charge in [0.05, 0.1) is 17.2 Å². The Kier molecular flexibility index (Phi) is 3.41. The van der Waals surface area contributed by atoms with E-state index >= 15 is 0 Å². The van der Waals surface area contributed by atoms with E-state index in [1.807, 2.05) is 0 Å². The van der Waals surface area contributed by atoms with Crippen LogP contribution in [-0.2, 0) is 4.74 Å². The first-order valence-electron chi connectivity index (χ1n) is 3.88. The van der Waals surface area contributed by atoms with Crippen LogP contribution in [0.5, 0.6) is 0 Å². The highest BCUT2D eigenvalue weighted by Crippen LogP contribution is 2.20. The summed E-state index contributed by atoms with van der Waals surface area (Å²) in [5.74, 6) is -3.06. The molecule has 0 unspecified atom stereocenters. The maximum Gasteiger partial charge on any atom is 0.338 e. The van der Waals surface area contributed by atoms with Gasteiger partial charge in [0, 0.05) is 0 Å². The molecule has 0 aromatic heterocycles. The summed E-state index contributed by atoms with van der Waals surface area (Å²) < 4.78 is 30.1. The SMILES string of the molecule is CCOC(=O)c1cc(F)c(F)c(Cl)c1. The van der Waals surface area contributed by atoms with Crippen LogP contribution >= 0.6 is 11.6 Å². The lowest BCUT2D eigenvalue weighted by Crippen LogP contribution is -2.05. The van der Waals surface area contributed by atoms with E-state index in [1.54, 1.807) is 6.92 Å². The molecule has 0 spiro atoms. The molecule has 5 heteroatoms. The van der Waals surface area contributed by atoms with E-state index in [4.69, 9.17) is 11.6 Å². The maximum atomic E-state index is 12.8. The van der Waals surface area contributed by atoms with Crippen molar-refractivity contribution >= 4 is 17.6 Å². The van der Waals surface area contributed by atoms with E-state index in [9.17, 15) is 13.6 Å². The number of carbonyl (C=O) groups is 1. The standard InChI is InChI=1S/C9H7ClF2O2/c1-2-14-9(13)5-3-6(10)8(12)7(11)4-5/h3-4H,2H2,1H3. The van der Waals surface area contributed by atoms with Gasteiger partial charge in [0.1, 0.15) is 0 Å². The van der Waals surface area contributed by atoms with Gasteiger partial charge in [0.25, 0.3) is 0 Å². The number of rotatable bonds is 2. The average Bonchev–Trinajstić information content (AvgIpc) is 2.13. The molecule has 0 saturated heterocycles. The number of carbonyl (C=O) groups excluding carboxylic acids is 1. The molecule has 2 nitrogen and oxygen atoms in total. The van der Waals surface area contributed by atoms with Gasteiger partial charge < -0.3 is 4.74 Å². The number of ether oxygens (including phenoxy) is 1. The molecule has 0 heterocycles. The average molecular weight is 221 g/mol. The molecule has 0 N–H and O–H groups in total. The van der Waals surface area contributed by atoms with Crippen molar-refractivity contribution in [3.05, 3.63) is 34.4 Å². The van der Waals surface area contributed by atoms with Gasteiger partial charge >= 0.3 is 5.97 Å². The van der Waals surface area contributed by atoms with Gasteiger partial charge in [0.2, 0.25) is 0 Å². The molecule has 1 aromatic rings. The quantitative estimate of drug-likeness (QED) is 0.566. The lowest BCUT2D eigenvalue weighted by molar-refractivity contribution is 0.0525. The van der Waals surface area contributed by atoms with Crippen molar-refractivity contribution in [3.63, 3.8) is 0 Å². The van der Waals surface area contributed by atoms with Crippen LogP contribution < -0.4 is 0 Å². The van der Waals surface area contributed by atoms with Crippen molar-refractivity contribution in [2.24, 2.45) is 0 Å². The molecule has 0 aliphatic carbocycles. The molecule has 76 valence electrons.